The smallest absolute Gasteiger partial charge is 0.208 e. The van der Waals surface area contributed by atoms with Crippen molar-refractivity contribution in [2.24, 2.45) is 0 Å². The van der Waals surface area contributed by atoms with Crippen molar-refractivity contribution in [2.45, 2.75) is 44.6 Å². The van der Waals surface area contributed by atoms with E-state index < -0.39 is 10.0 Å². The van der Waals surface area contributed by atoms with Crippen LogP contribution in [0.5, 0.6) is 0 Å². The van der Waals surface area contributed by atoms with Gasteiger partial charge in [-0.3, -0.25) is 0 Å². The van der Waals surface area contributed by atoms with Crippen LogP contribution in [0.15, 0.2) is 29.2 Å². The van der Waals surface area contributed by atoms with Crippen LogP contribution in [0.25, 0.3) is 0 Å². The van der Waals surface area contributed by atoms with E-state index >= 15 is 0 Å². The number of aryl methyl sites for hydroxylation is 1. The van der Waals surface area contributed by atoms with Gasteiger partial charge in [-0.1, -0.05) is 26.0 Å². The molecule has 1 aromatic carbocycles. The van der Waals surface area contributed by atoms with E-state index in [0.717, 1.165) is 18.4 Å². The normalized spacial score (nSPS) is 13.7. The SMILES string of the molecule is CCc1ccc(S(=O)(=O)NC(C)CC)cc1. The van der Waals surface area contributed by atoms with E-state index in [-0.39, 0.29) is 6.04 Å². The van der Waals surface area contributed by atoms with E-state index in [2.05, 4.69) is 4.72 Å². The molecule has 0 saturated carbocycles. The molecular formula is C12H19NO2S. The molecule has 0 aliphatic heterocycles. The first kappa shape index (κ1) is 13.2. The average molecular weight is 241 g/mol. The third-order valence-corrected chi connectivity index (χ3v) is 4.22. The fourth-order valence-electron chi connectivity index (χ4n) is 1.32. The highest BCUT2D eigenvalue weighted by Crippen LogP contribution is 2.11. The number of nitrogens with one attached hydrogen (secondary N) is 1. The summed E-state index contributed by atoms with van der Waals surface area (Å²) in [6.45, 7) is 5.85. The Morgan fingerprint density at radius 2 is 1.75 bits per heavy atom. The fraction of sp³-hybridized carbons (Fsp3) is 0.500. The van der Waals surface area contributed by atoms with Crippen LogP contribution < -0.4 is 4.72 Å². The second kappa shape index (κ2) is 5.46. The molecule has 1 N–H and O–H groups in total. The van der Waals surface area contributed by atoms with Gasteiger partial charge < -0.3 is 0 Å². The van der Waals surface area contributed by atoms with E-state index in [4.69, 9.17) is 0 Å². The molecule has 3 nitrogen and oxygen atoms in total. The number of rotatable bonds is 5. The fourth-order valence-corrected chi connectivity index (χ4v) is 2.65. The van der Waals surface area contributed by atoms with Gasteiger partial charge in [-0.15, -0.1) is 0 Å². The van der Waals surface area contributed by atoms with Crippen LogP contribution >= 0.6 is 0 Å². The number of sulfonamides is 1. The molecule has 0 bridgehead atoms. The zero-order valence-corrected chi connectivity index (χ0v) is 10.8. The molecule has 0 aliphatic rings. The molecule has 1 aromatic rings. The molecule has 0 heterocycles. The predicted molar refractivity (Wildman–Crippen MR) is 65.9 cm³/mol. The summed E-state index contributed by atoms with van der Waals surface area (Å²) in [6.07, 6.45) is 1.70. The minimum absolute atomic E-state index is 0.0316. The molecule has 1 unspecified atom stereocenters. The Kier molecular flexibility index (Phi) is 4.50. The predicted octanol–water partition coefficient (Wildman–Crippen LogP) is 2.33. The molecule has 0 radical (unpaired) electrons. The molecule has 0 aliphatic carbocycles. The van der Waals surface area contributed by atoms with Gasteiger partial charge in [0.1, 0.15) is 0 Å². The zero-order chi connectivity index (χ0) is 12.2. The van der Waals surface area contributed by atoms with Gasteiger partial charge in [-0.05, 0) is 37.5 Å². The van der Waals surface area contributed by atoms with Gasteiger partial charge in [0.25, 0.3) is 0 Å². The summed E-state index contributed by atoms with van der Waals surface area (Å²) in [5.41, 5.74) is 1.14. The van der Waals surface area contributed by atoms with Gasteiger partial charge >= 0.3 is 0 Å². The average Bonchev–Trinajstić information content (AvgIpc) is 2.28. The van der Waals surface area contributed by atoms with Gasteiger partial charge in [-0.25, -0.2) is 13.1 Å². The lowest BCUT2D eigenvalue weighted by molar-refractivity contribution is 0.556. The highest BCUT2D eigenvalue weighted by Gasteiger charge is 2.15. The lowest BCUT2D eigenvalue weighted by Crippen LogP contribution is -2.31. The number of hydrogen-bond acceptors (Lipinski definition) is 2. The third-order valence-electron chi connectivity index (χ3n) is 2.61. The monoisotopic (exact) mass is 241 g/mol. The summed E-state index contributed by atoms with van der Waals surface area (Å²) in [4.78, 5) is 0.338. The number of hydrogen-bond donors (Lipinski definition) is 1. The van der Waals surface area contributed by atoms with E-state index in [1.54, 1.807) is 12.1 Å². The van der Waals surface area contributed by atoms with Gasteiger partial charge in [0.15, 0.2) is 0 Å². The highest BCUT2D eigenvalue weighted by molar-refractivity contribution is 7.89. The van der Waals surface area contributed by atoms with E-state index in [0.29, 0.717) is 4.90 Å². The van der Waals surface area contributed by atoms with Crippen molar-refractivity contribution < 1.29 is 8.42 Å². The van der Waals surface area contributed by atoms with Crippen molar-refractivity contribution in [1.82, 2.24) is 4.72 Å². The Balaban J connectivity index is 2.90. The zero-order valence-electron chi connectivity index (χ0n) is 10.0. The van der Waals surface area contributed by atoms with Crippen LogP contribution in [0, 0.1) is 0 Å². The molecule has 0 amide bonds. The maximum Gasteiger partial charge on any atom is 0.240 e. The molecule has 1 atom stereocenters. The van der Waals surface area contributed by atoms with Gasteiger partial charge in [-0.2, -0.15) is 0 Å². The second-order valence-electron chi connectivity index (χ2n) is 3.93. The lowest BCUT2D eigenvalue weighted by Gasteiger charge is -2.12. The first-order valence-electron chi connectivity index (χ1n) is 5.60. The summed E-state index contributed by atoms with van der Waals surface area (Å²) in [6, 6.07) is 6.99. The minimum Gasteiger partial charge on any atom is -0.208 e. The van der Waals surface area contributed by atoms with Gasteiger partial charge in [0, 0.05) is 6.04 Å². The molecular weight excluding hydrogens is 222 g/mol. The number of benzene rings is 1. The van der Waals surface area contributed by atoms with E-state index in [1.807, 2.05) is 32.9 Å². The first-order valence-corrected chi connectivity index (χ1v) is 7.09. The molecule has 0 fully saturated rings. The van der Waals surface area contributed by atoms with Crippen molar-refractivity contribution >= 4 is 10.0 Å². The van der Waals surface area contributed by atoms with Crippen LogP contribution in [0.1, 0.15) is 32.8 Å². The Morgan fingerprint density at radius 3 is 2.19 bits per heavy atom. The van der Waals surface area contributed by atoms with Crippen LogP contribution in [0.2, 0.25) is 0 Å². The Morgan fingerprint density at radius 1 is 1.19 bits per heavy atom. The van der Waals surface area contributed by atoms with Crippen molar-refractivity contribution in [3.8, 4) is 0 Å². The Hall–Kier alpha value is -0.870. The largest absolute Gasteiger partial charge is 0.240 e. The van der Waals surface area contributed by atoms with Gasteiger partial charge in [0.2, 0.25) is 10.0 Å². The highest BCUT2D eigenvalue weighted by atomic mass is 32.2. The molecule has 90 valence electrons. The molecule has 0 saturated heterocycles. The molecule has 0 spiro atoms. The van der Waals surface area contributed by atoms with Crippen molar-refractivity contribution in [3.63, 3.8) is 0 Å². The lowest BCUT2D eigenvalue weighted by atomic mass is 10.2. The van der Waals surface area contributed by atoms with Crippen LogP contribution in [-0.2, 0) is 16.4 Å². The van der Waals surface area contributed by atoms with Crippen LogP contribution in [-0.4, -0.2) is 14.5 Å². The summed E-state index contributed by atoms with van der Waals surface area (Å²) in [7, 11) is -3.35. The minimum atomic E-state index is -3.35. The second-order valence-corrected chi connectivity index (χ2v) is 5.64. The van der Waals surface area contributed by atoms with Crippen molar-refractivity contribution in [1.29, 1.82) is 0 Å². The summed E-state index contributed by atoms with van der Waals surface area (Å²) < 4.78 is 26.4. The van der Waals surface area contributed by atoms with E-state index in [9.17, 15) is 8.42 Å². The molecule has 1 rings (SSSR count). The van der Waals surface area contributed by atoms with Crippen molar-refractivity contribution in [3.05, 3.63) is 29.8 Å². The van der Waals surface area contributed by atoms with E-state index in [1.165, 1.54) is 0 Å². The first-order chi connectivity index (χ1) is 7.49. The quantitative estimate of drug-likeness (QED) is 0.860. The standard InChI is InChI=1S/C12H19NO2S/c1-4-10(3)13-16(14,15)12-8-6-11(5-2)7-9-12/h6-10,13H,4-5H2,1-3H3. The maximum absolute atomic E-state index is 11.9. The molecule has 0 aromatic heterocycles. The summed E-state index contributed by atoms with van der Waals surface area (Å²) in [5, 5.41) is 0. The molecule has 16 heavy (non-hydrogen) atoms. The maximum atomic E-state index is 11.9. The topological polar surface area (TPSA) is 46.2 Å². The summed E-state index contributed by atoms with van der Waals surface area (Å²) >= 11 is 0. The Labute approximate surface area is 97.9 Å². The third kappa shape index (κ3) is 3.32. The summed E-state index contributed by atoms with van der Waals surface area (Å²) in [5.74, 6) is 0. The van der Waals surface area contributed by atoms with Crippen molar-refractivity contribution in [2.75, 3.05) is 0 Å². The van der Waals surface area contributed by atoms with Gasteiger partial charge in [0.05, 0.1) is 4.90 Å². The van der Waals surface area contributed by atoms with Crippen LogP contribution in [0.4, 0.5) is 0 Å². The molecule has 4 heteroatoms. The Bertz CT molecular complexity index is 423. The van der Waals surface area contributed by atoms with Crippen LogP contribution in [0.3, 0.4) is 0 Å².